The number of nitrogens with two attached hydrogens (primary N) is 1. The minimum Gasteiger partial charge on any atom is -0.421 e. The predicted molar refractivity (Wildman–Crippen MR) is 119 cm³/mol. The standard InChI is InChI=1S/C22H21FN8O/c1-9-14(23)4-15(25-3)19-16(9)17-20(28-19)29-22(32-11-5-26-10(2)27-6-11)30-21(17)31-7-12-13(8-31)18(12)24/h4-7,13,18,25H,8,24H2,1-3H3,(H,28,29,30). The van der Waals surface area contributed by atoms with Crippen molar-refractivity contribution in [1.82, 2.24) is 24.9 Å². The molecule has 10 heteroatoms. The molecule has 0 amide bonds. The number of benzene rings is 1. The molecule has 4 aromatic rings. The van der Waals surface area contributed by atoms with Crippen LogP contribution in [0.25, 0.3) is 21.9 Å². The average Bonchev–Trinajstić information content (AvgIpc) is 3.15. The van der Waals surface area contributed by atoms with E-state index in [4.69, 9.17) is 15.5 Å². The number of anilines is 2. The molecule has 1 aromatic carbocycles. The third-order valence-electron chi connectivity index (χ3n) is 6.23. The van der Waals surface area contributed by atoms with Crippen LogP contribution in [0, 0.1) is 25.6 Å². The van der Waals surface area contributed by atoms with Gasteiger partial charge in [0.25, 0.3) is 0 Å². The molecule has 2 unspecified atom stereocenters. The fourth-order valence-electron chi connectivity index (χ4n) is 4.40. The number of aromatic amines is 1. The van der Waals surface area contributed by atoms with Crippen molar-refractivity contribution in [3.63, 3.8) is 0 Å². The van der Waals surface area contributed by atoms with Crippen LogP contribution in [0.1, 0.15) is 11.4 Å². The normalized spacial score (nSPS) is 19.4. The van der Waals surface area contributed by atoms with Gasteiger partial charge in [-0.2, -0.15) is 9.97 Å². The first-order valence-electron chi connectivity index (χ1n) is 10.3. The van der Waals surface area contributed by atoms with Crippen molar-refractivity contribution >= 4 is 33.4 Å². The van der Waals surface area contributed by atoms with Gasteiger partial charge in [-0.1, -0.05) is 0 Å². The molecule has 4 heterocycles. The van der Waals surface area contributed by atoms with Crippen molar-refractivity contribution in [2.75, 3.05) is 23.8 Å². The third kappa shape index (κ3) is 2.72. The van der Waals surface area contributed by atoms with Gasteiger partial charge in [0.2, 0.25) is 0 Å². The summed E-state index contributed by atoms with van der Waals surface area (Å²) in [5, 5.41) is 4.54. The van der Waals surface area contributed by atoms with Gasteiger partial charge < -0.3 is 25.7 Å². The van der Waals surface area contributed by atoms with Crippen LogP contribution < -0.4 is 20.7 Å². The van der Waals surface area contributed by atoms with Crippen LogP contribution in [0.4, 0.5) is 15.9 Å². The second-order valence-electron chi connectivity index (χ2n) is 8.19. The highest BCUT2D eigenvalue weighted by Gasteiger charge is 2.47. The van der Waals surface area contributed by atoms with E-state index in [1.54, 1.807) is 33.3 Å². The molecule has 0 bridgehead atoms. The number of H-pyrrole nitrogens is 1. The van der Waals surface area contributed by atoms with Gasteiger partial charge in [-0.3, -0.25) is 0 Å². The molecule has 3 aromatic heterocycles. The van der Waals surface area contributed by atoms with E-state index < -0.39 is 0 Å². The lowest BCUT2D eigenvalue weighted by atomic mass is 10.1. The number of fused-ring (bicyclic) bond motifs is 4. The number of nitrogens with zero attached hydrogens (tertiary/aromatic N) is 5. The molecule has 32 heavy (non-hydrogen) atoms. The van der Waals surface area contributed by atoms with Crippen molar-refractivity contribution in [1.29, 1.82) is 0 Å². The van der Waals surface area contributed by atoms with Crippen LogP contribution in [0.5, 0.6) is 11.8 Å². The molecule has 6 rings (SSSR count). The van der Waals surface area contributed by atoms with E-state index in [2.05, 4.69) is 25.3 Å². The summed E-state index contributed by atoms with van der Waals surface area (Å²) in [6, 6.07) is 1.74. The Morgan fingerprint density at radius 2 is 2.00 bits per heavy atom. The van der Waals surface area contributed by atoms with Crippen molar-refractivity contribution in [2.24, 2.45) is 11.7 Å². The van der Waals surface area contributed by atoms with Gasteiger partial charge in [-0.25, -0.2) is 14.4 Å². The second-order valence-corrected chi connectivity index (χ2v) is 8.19. The Bertz CT molecular complexity index is 1430. The molecule has 1 aliphatic heterocycles. The summed E-state index contributed by atoms with van der Waals surface area (Å²) in [5.74, 6) is 1.74. The summed E-state index contributed by atoms with van der Waals surface area (Å²) in [4.78, 5) is 23.0. The van der Waals surface area contributed by atoms with Crippen molar-refractivity contribution in [2.45, 2.75) is 19.9 Å². The first kappa shape index (κ1) is 18.9. The molecule has 2 aliphatic rings. The van der Waals surface area contributed by atoms with E-state index in [9.17, 15) is 4.39 Å². The highest BCUT2D eigenvalue weighted by atomic mass is 19.1. The van der Waals surface area contributed by atoms with Crippen molar-refractivity contribution in [3.05, 3.63) is 47.4 Å². The van der Waals surface area contributed by atoms with Gasteiger partial charge in [-0.15, -0.1) is 0 Å². The zero-order valence-electron chi connectivity index (χ0n) is 17.8. The van der Waals surface area contributed by atoms with Crippen LogP contribution in [0.2, 0.25) is 0 Å². The summed E-state index contributed by atoms with van der Waals surface area (Å²) < 4.78 is 20.6. The highest BCUT2D eigenvalue weighted by molar-refractivity contribution is 6.16. The molecule has 0 spiro atoms. The molecule has 162 valence electrons. The summed E-state index contributed by atoms with van der Waals surface area (Å²) in [7, 11) is 1.76. The Morgan fingerprint density at radius 3 is 2.69 bits per heavy atom. The molecular weight excluding hydrogens is 411 g/mol. The molecule has 1 aliphatic carbocycles. The SMILES string of the molecule is CNc1cc(F)c(C)c2c1[nH]c1nc(Oc3cnc(C)nc3)nc(N3C=C4C(N)C4C3)c12. The van der Waals surface area contributed by atoms with Crippen molar-refractivity contribution in [3.8, 4) is 11.8 Å². The predicted octanol–water partition coefficient (Wildman–Crippen LogP) is 3.15. The topological polar surface area (TPSA) is 118 Å². The maximum Gasteiger partial charge on any atom is 0.326 e. The van der Waals surface area contributed by atoms with Gasteiger partial charge in [0.1, 0.15) is 23.1 Å². The van der Waals surface area contributed by atoms with Gasteiger partial charge in [0, 0.05) is 37.1 Å². The summed E-state index contributed by atoms with van der Waals surface area (Å²) in [6.07, 6.45) is 5.18. The van der Waals surface area contributed by atoms with Gasteiger partial charge >= 0.3 is 6.01 Å². The molecule has 1 fully saturated rings. The number of rotatable bonds is 4. The van der Waals surface area contributed by atoms with E-state index in [1.807, 2.05) is 11.1 Å². The highest BCUT2D eigenvalue weighted by Crippen LogP contribution is 2.46. The molecule has 0 radical (unpaired) electrons. The van der Waals surface area contributed by atoms with Crippen molar-refractivity contribution < 1.29 is 9.13 Å². The number of halogens is 1. The zero-order chi connectivity index (χ0) is 22.1. The van der Waals surface area contributed by atoms with Crippen LogP contribution in [-0.2, 0) is 0 Å². The Balaban J connectivity index is 1.59. The molecule has 4 N–H and O–H groups in total. The van der Waals surface area contributed by atoms with E-state index in [1.165, 1.54) is 11.6 Å². The summed E-state index contributed by atoms with van der Waals surface area (Å²) in [6.45, 7) is 4.28. The lowest BCUT2D eigenvalue weighted by molar-refractivity contribution is 0.439. The van der Waals surface area contributed by atoms with Gasteiger partial charge in [0.05, 0.1) is 29.0 Å². The third-order valence-corrected chi connectivity index (χ3v) is 6.23. The Kier molecular flexibility index (Phi) is 3.91. The fraction of sp³-hybridized carbons (Fsp3) is 0.273. The number of nitrogens with one attached hydrogen (secondary N) is 2. The number of hydrogen-bond acceptors (Lipinski definition) is 8. The second kappa shape index (κ2) is 6.60. The maximum absolute atomic E-state index is 14.8. The number of aryl methyl sites for hydroxylation is 2. The molecule has 2 atom stereocenters. The lowest BCUT2D eigenvalue weighted by Crippen LogP contribution is -2.22. The largest absolute Gasteiger partial charge is 0.421 e. The minimum atomic E-state index is -0.296. The fourth-order valence-corrected chi connectivity index (χ4v) is 4.40. The lowest BCUT2D eigenvalue weighted by Gasteiger charge is -2.19. The van der Waals surface area contributed by atoms with Crippen LogP contribution in [0.15, 0.2) is 30.2 Å². The van der Waals surface area contributed by atoms with E-state index in [-0.39, 0.29) is 17.9 Å². The van der Waals surface area contributed by atoms with E-state index in [0.717, 1.165) is 22.8 Å². The molecule has 9 nitrogen and oxygen atoms in total. The number of aromatic nitrogens is 5. The maximum atomic E-state index is 14.8. The first-order chi connectivity index (χ1) is 15.4. The number of ether oxygens (including phenoxy) is 1. The smallest absolute Gasteiger partial charge is 0.326 e. The Morgan fingerprint density at radius 1 is 1.22 bits per heavy atom. The number of hydrogen-bond donors (Lipinski definition) is 3. The van der Waals surface area contributed by atoms with Crippen LogP contribution in [-0.4, -0.2) is 44.6 Å². The van der Waals surface area contributed by atoms with Crippen LogP contribution in [0.3, 0.4) is 0 Å². The van der Waals surface area contributed by atoms with E-state index >= 15 is 0 Å². The first-order valence-corrected chi connectivity index (χ1v) is 10.3. The Labute approximate surface area is 182 Å². The Hall–Kier alpha value is -3.79. The summed E-state index contributed by atoms with van der Waals surface area (Å²) >= 11 is 0. The molecule has 0 saturated heterocycles. The quantitative estimate of drug-likeness (QED) is 0.450. The van der Waals surface area contributed by atoms with Crippen LogP contribution >= 0.6 is 0 Å². The van der Waals surface area contributed by atoms with Gasteiger partial charge in [0.15, 0.2) is 5.75 Å². The minimum absolute atomic E-state index is 0.113. The molecule has 1 saturated carbocycles. The summed E-state index contributed by atoms with van der Waals surface area (Å²) in [5.41, 5.74) is 9.79. The zero-order valence-corrected chi connectivity index (χ0v) is 17.8. The molecular formula is C22H21FN8O. The van der Waals surface area contributed by atoms with Gasteiger partial charge in [-0.05, 0) is 31.1 Å². The monoisotopic (exact) mass is 432 g/mol. The van der Waals surface area contributed by atoms with E-state index in [0.29, 0.717) is 40.2 Å². The average molecular weight is 432 g/mol.